The molecule has 6 rings (SSSR count). The van der Waals surface area contributed by atoms with Crippen LogP contribution in [0.2, 0.25) is 0 Å². The van der Waals surface area contributed by atoms with Crippen molar-refractivity contribution in [1.82, 2.24) is 0 Å². The van der Waals surface area contributed by atoms with E-state index < -0.39 is 0 Å². The van der Waals surface area contributed by atoms with Gasteiger partial charge in [0, 0.05) is 30.7 Å². The van der Waals surface area contributed by atoms with Crippen molar-refractivity contribution in [3.63, 3.8) is 0 Å². The minimum absolute atomic E-state index is 0.750. The van der Waals surface area contributed by atoms with Crippen LogP contribution in [0, 0.1) is 11.3 Å². The van der Waals surface area contributed by atoms with Crippen LogP contribution in [0.4, 0.5) is 5.69 Å². The van der Waals surface area contributed by atoms with Gasteiger partial charge >= 0.3 is 0 Å². The zero-order valence-electron chi connectivity index (χ0n) is 17.5. The Bertz CT molecular complexity index is 1650. The third-order valence-electron chi connectivity index (χ3n) is 6.44. The number of benzene rings is 6. The van der Waals surface area contributed by atoms with Crippen molar-refractivity contribution in [2.24, 2.45) is 0 Å². The maximum absolute atomic E-state index is 10.4. The van der Waals surface area contributed by atoms with Crippen LogP contribution < -0.4 is 4.90 Å². The fourth-order valence-corrected chi connectivity index (χ4v) is 5.01. The number of nitriles is 1. The monoisotopic (exact) mass is 396 g/mol. The molecule has 2 nitrogen and oxygen atoms in total. The van der Waals surface area contributed by atoms with Crippen molar-refractivity contribution in [2.75, 3.05) is 19.0 Å². The lowest BCUT2D eigenvalue weighted by atomic mass is 9.85. The highest BCUT2D eigenvalue weighted by atomic mass is 15.1. The van der Waals surface area contributed by atoms with Gasteiger partial charge in [-0.15, -0.1) is 0 Å². The number of hydrogen-bond donors (Lipinski definition) is 0. The zero-order chi connectivity index (χ0) is 21.1. The molecule has 6 aromatic rings. The molecule has 2 heteroatoms. The first-order chi connectivity index (χ1) is 15.2. The topological polar surface area (TPSA) is 27.0 Å². The molecule has 0 aromatic heterocycles. The van der Waals surface area contributed by atoms with Crippen LogP contribution >= 0.6 is 0 Å². The lowest BCUT2D eigenvalue weighted by Crippen LogP contribution is -2.07. The Kier molecular flexibility index (Phi) is 3.69. The quantitative estimate of drug-likeness (QED) is 0.226. The summed E-state index contributed by atoms with van der Waals surface area (Å²) in [6.45, 7) is 0. The Morgan fingerprint density at radius 2 is 1.26 bits per heavy atom. The molecule has 0 aliphatic carbocycles. The first kappa shape index (κ1) is 17.7. The van der Waals surface area contributed by atoms with Crippen LogP contribution in [-0.2, 0) is 0 Å². The summed E-state index contributed by atoms with van der Waals surface area (Å²) >= 11 is 0. The molecule has 0 aliphatic rings. The van der Waals surface area contributed by atoms with Gasteiger partial charge in [0.15, 0.2) is 0 Å². The lowest BCUT2D eigenvalue weighted by Gasteiger charge is -2.18. The van der Waals surface area contributed by atoms with E-state index in [4.69, 9.17) is 0 Å². The Balaban J connectivity index is 1.83. The summed E-state index contributed by atoms with van der Waals surface area (Å²) in [5, 5.41) is 19.8. The van der Waals surface area contributed by atoms with Gasteiger partial charge < -0.3 is 4.90 Å². The second kappa shape index (κ2) is 6.45. The minimum Gasteiger partial charge on any atom is -0.378 e. The first-order valence-corrected chi connectivity index (χ1v) is 10.5. The zero-order valence-corrected chi connectivity index (χ0v) is 17.5. The van der Waals surface area contributed by atoms with E-state index in [2.05, 4.69) is 95.9 Å². The van der Waals surface area contributed by atoms with Gasteiger partial charge in [-0.2, -0.15) is 5.26 Å². The van der Waals surface area contributed by atoms with Crippen molar-refractivity contribution in [3.8, 4) is 17.2 Å². The van der Waals surface area contributed by atoms with Crippen molar-refractivity contribution in [2.45, 2.75) is 0 Å². The molecule has 0 atom stereocenters. The van der Waals surface area contributed by atoms with Crippen LogP contribution in [0.25, 0.3) is 54.2 Å². The van der Waals surface area contributed by atoms with Crippen molar-refractivity contribution >= 4 is 48.8 Å². The van der Waals surface area contributed by atoms with Crippen LogP contribution in [0.3, 0.4) is 0 Å². The molecule has 0 aliphatic heterocycles. The first-order valence-electron chi connectivity index (χ1n) is 10.5. The van der Waals surface area contributed by atoms with E-state index in [1.165, 1.54) is 32.3 Å². The highest BCUT2D eigenvalue weighted by molar-refractivity contribution is 6.34. The van der Waals surface area contributed by atoms with E-state index >= 15 is 0 Å². The van der Waals surface area contributed by atoms with E-state index in [-0.39, 0.29) is 0 Å². The molecule has 0 spiro atoms. The number of hydrogen-bond acceptors (Lipinski definition) is 2. The summed E-state index contributed by atoms with van der Waals surface area (Å²) in [6.07, 6.45) is 0. The standard InChI is InChI=1S/C29H20N2/c1-31(2)21-14-12-18(13-15-21)25-16-20-8-5-10-23-22-9-3-6-19-7-4-11-24(27(19)22)29(28(20)23)26(25)17-30/h3-16H,1-2H3. The highest BCUT2D eigenvalue weighted by Gasteiger charge is 2.19. The van der Waals surface area contributed by atoms with E-state index in [1.807, 2.05) is 14.1 Å². The summed E-state index contributed by atoms with van der Waals surface area (Å²) < 4.78 is 0. The maximum atomic E-state index is 10.4. The Hall–Kier alpha value is -4.09. The molecule has 0 saturated heterocycles. The van der Waals surface area contributed by atoms with Crippen LogP contribution in [0.15, 0.2) is 84.9 Å². The molecule has 31 heavy (non-hydrogen) atoms. The molecule has 0 bridgehead atoms. The van der Waals surface area contributed by atoms with Gasteiger partial charge in [-0.1, -0.05) is 66.7 Å². The van der Waals surface area contributed by atoms with Crippen LogP contribution in [0.5, 0.6) is 0 Å². The van der Waals surface area contributed by atoms with Gasteiger partial charge in [0.25, 0.3) is 0 Å². The van der Waals surface area contributed by atoms with Crippen LogP contribution in [-0.4, -0.2) is 14.1 Å². The summed E-state index contributed by atoms with van der Waals surface area (Å²) in [5.41, 5.74) is 3.95. The largest absolute Gasteiger partial charge is 0.378 e. The Morgan fingerprint density at radius 1 is 0.645 bits per heavy atom. The molecule has 0 radical (unpaired) electrons. The number of anilines is 1. The van der Waals surface area contributed by atoms with Gasteiger partial charge in [-0.25, -0.2) is 0 Å². The molecule has 0 heterocycles. The third-order valence-corrected chi connectivity index (χ3v) is 6.44. The van der Waals surface area contributed by atoms with E-state index in [0.717, 1.165) is 33.2 Å². The van der Waals surface area contributed by atoms with Gasteiger partial charge in [-0.3, -0.25) is 0 Å². The van der Waals surface area contributed by atoms with Crippen molar-refractivity contribution in [3.05, 3.63) is 90.5 Å². The molecule has 0 N–H and O–H groups in total. The molecule has 0 amide bonds. The third kappa shape index (κ3) is 2.44. The van der Waals surface area contributed by atoms with E-state index in [9.17, 15) is 5.26 Å². The summed E-state index contributed by atoms with van der Waals surface area (Å²) in [6, 6.07) is 32.6. The minimum atomic E-state index is 0.750. The number of nitrogens with zero attached hydrogens (tertiary/aromatic N) is 2. The average molecular weight is 396 g/mol. The molecule has 6 aromatic carbocycles. The average Bonchev–Trinajstić information content (AvgIpc) is 2.81. The highest BCUT2D eigenvalue weighted by Crippen LogP contribution is 2.44. The number of fused-ring (bicyclic) bond motifs is 2. The van der Waals surface area contributed by atoms with Crippen molar-refractivity contribution in [1.29, 1.82) is 5.26 Å². The summed E-state index contributed by atoms with van der Waals surface area (Å²) in [7, 11) is 4.07. The maximum Gasteiger partial charge on any atom is 0.100 e. The SMILES string of the molecule is CN(C)c1ccc(-c2cc3cccc4c5cccc6cccc(c(c2C#N)c34)c65)cc1. The predicted molar refractivity (Wildman–Crippen MR) is 132 cm³/mol. The Labute approximate surface area is 180 Å². The second-order valence-corrected chi connectivity index (χ2v) is 8.34. The number of rotatable bonds is 2. The van der Waals surface area contributed by atoms with Crippen LogP contribution in [0.1, 0.15) is 5.56 Å². The fraction of sp³-hybridized carbons (Fsp3) is 0.0690. The van der Waals surface area contributed by atoms with Gasteiger partial charge in [0.05, 0.1) is 5.56 Å². The smallest absolute Gasteiger partial charge is 0.100 e. The second-order valence-electron chi connectivity index (χ2n) is 8.34. The summed E-state index contributed by atoms with van der Waals surface area (Å²) in [4.78, 5) is 2.09. The normalized spacial score (nSPS) is 11.5. The molecular weight excluding hydrogens is 376 g/mol. The van der Waals surface area contributed by atoms with Gasteiger partial charge in [0.2, 0.25) is 0 Å². The molecular formula is C29H20N2. The van der Waals surface area contributed by atoms with Crippen molar-refractivity contribution < 1.29 is 0 Å². The fourth-order valence-electron chi connectivity index (χ4n) is 5.01. The lowest BCUT2D eigenvalue weighted by molar-refractivity contribution is 1.13. The molecule has 0 saturated carbocycles. The molecule has 146 valence electrons. The van der Waals surface area contributed by atoms with Gasteiger partial charge in [0.1, 0.15) is 6.07 Å². The summed E-state index contributed by atoms with van der Waals surface area (Å²) in [5.74, 6) is 0. The van der Waals surface area contributed by atoms with Gasteiger partial charge in [-0.05, 0) is 61.5 Å². The Morgan fingerprint density at radius 3 is 1.90 bits per heavy atom. The molecule has 0 fully saturated rings. The molecule has 0 unspecified atom stereocenters. The predicted octanol–water partition coefficient (Wildman–Crippen LogP) is 7.34. The van der Waals surface area contributed by atoms with E-state index in [0.29, 0.717) is 0 Å². The van der Waals surface area contributed by atoms with E-state index in [1.54, 1.807) is 0 Å².